The maximum absolute atomic E-state index is 12.7. The number of nitrogens with two attached hydrogens (primary N) is 1. The lowest BCUT2D eigenvalue weighted by Crippen LogP contribution is -2.40. The molecule has 0 bridgehead atoms. The van der Waals surface area contributed by atoms with E-state index in [2.05, 4.69) is 94.9 Å². The predicted molar refractivity (Wildman–Crippen MR) is 128 cm³/mol. The zero-order valence-electron chi connectivity index (χ0n) is 19.1. The van der Waals surface area contributed by atoms with Gasteiger partial charge in [0, 0.05) is 36.6 Å². The van der Waals surface area contributed by atoms with Crippen LogP contribution in [0.5, 0.6) is 0 Å². The Bertz CT molecular complexity index is 1010. The van der Waals surface area contributed by atoms with Gasteiger partial charge in [0.1, 0.15) is 0 Å². The summed E-state index contributed by atoms with van der Waals surface area (Å²) < 4.78 is 2.17. The molecule has 0 aliphatic carbocycles. The van der Waals surface area contributed by atoms with Gasteiger partial charge in [0.25, 0.3) is 0 Å². The van der Waals surface area contributed by atoms with E-state index in [-0.39, 0.29) is 11.9 Å². The zero-order valence-corrected chi connectivity index (χ0v) is 19.1. The second kappa shape index (κ2) is 8.95. The quantitative estimate of drug-likeness (QED) is 0.479. The van der Waals surface area contributed by atoms with E-state index in [1.54, 1.807) is 0 Å². The lowest BCUT2D eigenvalue weighted by molar-refractivity contribution is 0.253. The highest BCUT2D eigenvalue weighted by molar-refractivity contribution is 5.93. The van der Waals surface area contributed by atoms with Gasteiger partial charge in [-0.25, -0.2) is 4.79 Å². The van der Waals surface area contributed by atoms with Crippen molar-refractivity contribution in [3.63, 3.8) is 0 Å². The highest BCUT2D eigenvalue weighted by Gasteiger charge is 2.26. The van der Waals surface area contributed by atoms with Gasteiger partial charge in [0.15, 0.2) is 0 Å². The van der Waals surface area contributed by atoms with Gasteiger partial charge in [0.05, 0.1) is 5.69 Å². The van der Waals surface area contributed by atoms with E-state index in [4.69, 9.17) is 5.73 Å². The number of fused-ring (bicyclic) bond motifs is 1. The number of primary amides is 1. The van der Waals surface area contributed by atoms with Crippen LogP contribution in [0.1, 0.15) is 75.5 Å². The molecule has 0 fully saturated rings. The van der Waals surface area contributed by atoms with Crippen molar-refractivity contribution in [3.05, 3.63) is 65.4 Å². The molecule has 0 aliphatic rings. The number of aromatic nitrogens is 1. The first kappa shape index (κ1) is 21.9. The topological polar surface area (TPSA) is 51.3 Å². The Morgan fingerprint density at radius 1 is 0.967 bits per heavy atom. The number of hydrogen-bond donors (Lipinski definition) is 1. The molecule has 4 nitrogen and oxygen atoms in total. The maximum Gasteiger partial charge on any atom is 0.319 e. The second-order valence-corrected chi connectivity index (χ2v) is 8.86. The summed E-state index contributed by atoms with van der Waals surface area (Å²) in [4.78, 5) is 14.6. The van der Waals surface area contributed by atoms with E-state index in [9.17, 15) is 4.79 Å². The van der Waals surface area contributed by atoms with Crippen LogP contribution in [0.2, 0.25) is 0 Å². The number of carbonyl (C=O) groups excluding carboxylic acids is 1. The SMILES string of the molecule is CCC(CN(C(N)=O)c1c(C(C)C)cccc1C(C)C)c1cn(C)c2ccccc12. The highest BCUT2D eigenvalue weighted by Crippen LogP contribution is 2.38. The van der Waals surface area contributed by atoms with Gasteiger partial charge in [-0.1, -0.05) is 71.0 Å². The first-order chi connectivity index (χ1) is 14.3. The van der Waals surface area contributed by atoms with Crippen molar-refractivity contribution in [2.45, 2.75) is 58.8 Å². The Hall–Kier alpha value is -2.75. The smallest absolute Gasteiger partial charge is 0.319 e. The first-order valence-electron chi connectivity index (χ1n) is 11.0. The molecule has 3 rings (SSSR count). The fraction of sp³-hybridized carbons (Fsp3) is 0.423. The van der Waals surface area contributed by atoms with Crippen LogP contribution in [0.4, 0.5) is 10.5 Å². The van der Waals surface area contributed by atoms with Crippen LogP contribution in [-0.2, 0) is 7.05 Å². The Balaban J connectivity index is 2.11. The number of rotatable bonds is 7. The Morgan fingerprint density at radius 3 is 2.10 bits per heavy atom. The molecule has 0 radical (unpaired) electrons. The van der Waals surface area contributed by atoms with Crippen molar-refractivity contribution in [2.75, 3.05) is 11.4 Å². The first-order valence-corrected chi connectivity index (χ1v) is 11.0. The molecule has 2 aromatic carbocycles. The van der Waals surface area contributed by atoms with Crippen LogP contribution < -0.4 is 10.6 Å². The van der Waals surface area contributed by atoms with Gasteiger partial charge < -0.3 is 10.3 Å². The molecular formula is C26H35N3O. The summed E-state index contributed by atoms with van der Waals surface area (Å²) in [5, 5.41) is 1.25. The fourth-order valence-electron chi connectivity index (χ4n) is 4.48. The highest BCUT2D eigenvalue weighted by atomic mass is 16.2. The summed E-state index contributed by atoms with van der Waals surface area (Å²) in [6.07, 6.45) is 3.13. The van der Waals surface area contributed by atoms with Gasteiger partial charge >= 0.3 is 6.03 Å². The molecule has 1 unspecified atom stereocenters. The summed E-state index contributed by atoms with van der Waals surface area (Å²) in [5.41, 5.74) is 11.8. The number of urea groups is 1. The molecule has 1 atom stereocenters. The van der Waals surface area contributed by atoms with E-state index in [1.807, 2.05) is 4.90 Å². The maximum atomic E-state index is 12.7. The van der Waals surface area contributed by atoms with Crippen LogP contribution >= 0.6 is 0 Å². The number of nitrogens with zero attached hydrogens (tertiary/aromatic N) is 2. The molecule has 1 aromatic heterocycles. The third kappa shape index (κ3) is 4.09. The predicted octanol–water partition coefficient (Wildman–Crippen LogP) is 6.50. The Labute approximate surface area is 180 Å². The summed E-state index contributed by atoms with van der Waals surface area (Å²) >= 11 is 0. The van der Waals surface area contributed by atoms with Crippen molar-refractivity contribution in [1.82, 2.24) is 4.57 Å². The fourth-order valence-corrected chi connectivity index (χ4v) is 4.48. The average Bonchev–Trinajstić information content (AvgIpc) is 3.05. The molecule has 30 heavy (non-hydrogen) atoms. The molecule has 0 spiro atoms. The third-order valence-electron chi connectivity index (χ3n) is 6.14. The number of para-hydroxylation sites is 2. The monoisotopic (exact) mass is 405 g/mol. The molecule has 1 heterocycles. The molecule has 2 amide bonds. The van der Waals surface area contributed by atoms with Gasteiger partial charge in [0.2, 0.25) is 0 Å². The van der Waals surface area contributed by atoms with Crippen LogP contribution in [0.3, 0.4) is 0 Å². The largest absolute Gasteiger partial charge is 0.351 e. The van der Waals surface area contributed by atoms with Crippen molar-refractivity contribution >= 4 is 22.6 Å². The van der Waals surface area contributed by atoms with Crippen molar-refractivity contribution in [2.24, 2.45) is 12.8 Å². The number of benzene rings is 2. The van der Waals surface area contributed by atoms with Crippen LogP contribution in [0.25, 0.3) is 10.9 Å². The van der Waals surface area contributed by atoms with Crippen molar-refractivity contribution < 1.29 is 4.79 Å². The molecule has 3 aromatic rings. The van der Waals surface area contributed by atoms with E-state index in [0.29, 0.717) is 18.4 Å². The number of carbonyl (C=O) groups is 1. The van der Waals surface area contributed by atoms with E-state index >= 15 is 0 Å². The van der Waals surface area contributed by atoms with Crippen molar-refractivity contribution in [3.8, 4) is 0 Å². The van der Waals surface area contributed by atoms with Gasteiger partial charge in [-0.15, -0.1) is 0 Å². The van der Waals surface area contributed by atoms with Crippen LogP contribution in [-0.4, -0.2) is 17.1 Å². The summed E-state index contributed by atoms with van der Waals surface area (Å²) in [7, 11) is 2.08. The minimum absolute atomic E-state index is 0.198. The van der Waals surface area contributed by atoms with Gasteiger partial charge in [-0.2, -0.15) is 0 Å². The van der Waals surface area contributed by atoms with E-state index in [1.165, 1.54) is 27.6 Å². The number of aryl methyl sites for hydroxylation is 1. The minimum Gasteiger partial charge on any atom is -0.351 e. The Morgan fingerprint density at radius 2 is 1.57 bits per heavy atom. The van der Waals surface area contributed by atoms with Crippen molar-refractivity contribution in [1.29, 1.82) is 0 Å². The lowest BCUT2D eigenvalue weighted by atomic mass is 9.90. The normalized spacial score (nSPS) is 12.7. The number of anilines is 1. The van der Waals surface area contributed by atoms with Crippen LogP contribution in [0.15, 0.2) is 48.7 Å². The summed E-state index contributed by atoms with van der Waals surface area (Å²) in [5.74, 6) is 0.806. The molecule has 2 N–H and O–H groups in total. The standard InChI is InChI=1S/C26H35N3O/c1-7-19(23-16-28(6)24-14-9-8-11-22(23)24)15-29(26(27)30)25-20(17(2)3)12-10-13-21(25)18(4)5/h8-14,16-19H,7,15H2,1-6H3,(H2,27,30). The molecule has 0 aliphatic heterocycles. The van der Waals surface area contributed by atoms with Crippen LogP contribution in [0, 0.1) is 0 Å². The van der Waals surface area contributed by atoms with Gasteiger partial charge in [-0.3, -0.25) is 4.90 Å². The average molecular weight is 406 g/mol. The lowest BCUT2D eigenvalue weighted by Gasteiger charge is -2.31. The molecule has 0 saturated heterocycles. The summed E-state index contributed by atoms with van der Waals surface area (Å²) in [6.45, 7) is 11.4. The van der Waals surface area contributed by atoms with Gasteiger partial charge in [-0.05, 0) is 41.0 Å². The number of hydrogen-bond acceptors (Lipinski definition) is 1. The minimum atomic E-state index is -0.385. The third-order valence-corrected chi connectivity index (χ3v) is 6.14. The Kier molecular flexibility index (Phi) is 6.55. The molecular weight excluding hydrogens is 370 g/mol. The van der Waals surface area contributed by atoms with E-state index < -0.39 is 0 Å². The zero-order chi connectivity index (χ0) is 22.0. The molecule has 160 valence electrons. The molecule has 4 heteroatoms. The van der Waals surface area contributed by atoms with E-state index in [0.717, 1.165) is 12.1 Å². The molecule has 0 saturated carbocycles. The number of amides is 2. The second-order valence-electron chi connectivity index (χ2n) is 8.86. The summed E-state index contributed by atoms with van der Waals surface area (Å²) in [6, 6.07) is 14.4.